The van der Waals surface area contributed by atoms with Gasteiger partial charge in [0.25, 0.3) is 5.91 Å². The summed E-state index contributed by atoms with van der Waals surface area (Å²) >= 11 is 5.94. The SMILES string of the molecule is CC(C)C(=O)NNC(=O)c1cc(-c2ccco2)n(-c2ccc(Cl)cc2)n1. The van der Waals surface area contributed by atoms with Gasteiger partial charge in [-0.05, 0) is 36.4 Å². The average Bonchev–Trinajstić information content (AvgIpc) is 3.29. The molecule has 26 heavy (non-hydrogen) atoms. The minimum atomic E-state index is -0.528. The molecule has 3 aromatic rings. The zero-order chi connectivity index (χ0) is 18.7. The van der Waals surface area contributed by atoms with Crippen LogP contribution >= 0.6 is 11.6 Å². The number of hydrazine groups is 1. The molecule has 0 saturated heterocycles. The van der Waals surface area contributed by atoms with Gasteiger partial charge in [-0.1, -0.05) is 25.4 Å². The Morgan fingerprint density at radius 1 is 1.15 bits per heavy atom. The van der Waals surface area contributed by atoms with Crippen molar-refractivity contribution in [3.05, 3.63) is 59.4 Å². The van der Waals surface area contributed by atoms with Crippen molar-refractivity contribution in [1.29, 1.82) is 0 Å². The molecule has 7 nitrogen and oxygen atoms in total. The Balaban J connectivity index is 1.93. The summed E-state index contributed by atoms with van der Waals surface area (Å²) in [7, 11) is 0. The third kappa shape index (κ3) is 3.78. The van der Waals surface area contributed by atoms with E-state index < -0.39 is 5.91 Å². The highest BCUT2D eigenvalue weighted by Crippen LogP contribution is 2.25. The van der Waals surface area contributed by atoms with E-state index in [2.05, 4.69) is 16.0 Å². The van der Waals surface area contributed by atoms with Crippen molar-refractivity contribution < 1.29 is 14.0 Å². The standard InChI is InChI=1S/C18H17ClN4O3/c1-11(2)17(24)20-21-18(25)14-10-15(16-4-3-9-26-16)23(22-14)13-7-5-12(19)6-8-13/h3-11H,1-2H3,(H,20,24)(H,21,25). The van der Waals surface area contributed by atoms with E-state index in [0.717, 1.165) is 0 Å². The van der Waals surface area contributed by atoms with Crippen LogP contribution in [0.5, 0.6) is 0 Å². The molecule has 0 radical (unpaired) electrons. The minimum Gasteiger partial charge on any atom is -0.463 e. The van der Waals surface area contributed by atoms with Gasteiger partial charge in [0.15, 0.2) is 11.5 Å². The van der Waals surface area contributed by atoms with Crippen LogP contribution in [0.15, 0.2) is 53.1 Å². The highest BCUT2D eigenvalue weighted by Gasteiger charge is 2.19. The molecule has 3 rings (SSSR count). The molecular weight excluding hydrogens is 356 g/mol. The van der Waals surface area contributed by atoms with E-state index in [4.69, 9.17) is 16.0 Å². The molecule has 0 bridgehead atoms. The molecule has 0 spiro atoms. The summed E-state index contributed by atoms with van der Waals surface area (Å²) in [6.45, 7) is 3.46. The van der Waals surface area contributed by atoms with Crippen LogP contribution in [0.2, 0.25) is 5.02 Å². The molecule has 1 aromatic carbocycles. The number of hydrogen-bond donors (Lipinski definition) is 2. The molecule has 0 unspecified atom stereocenters. The number of nitrogens with one attached hydrogen (secondary N) is 2. The van der Waals surface area contributed by atoms with Gasteiger partial charge in [-0.25, -0.2) is 4.68 Å². The van der Waals surface area contributed by atoms with E-state index in [0.29, 0.717) is 22.2 Å². The average molecular weight is 373 g/mol. The summed E-state index contributed by atoms with van der Waals surface area (Å²) in [6.07, 6.45) is 1.54. The Labute approximate surface area is 154 Å². The number of furan rings is 1. The fourth-order valence-corrected chi connectivity index (χ4v) is 2.32. The minimum absolute atomic E-state index is 0.135. The quantitative estimate of drug-likeness (QED) is 0.688. The van der Waals surface area contributed by atoms with Crippen molar-refractivity contribution in [2.24, 2.45) is 5.92 Å². The fraction of sp³-hybridized carbons (Fsp3) is 0.167. The normalized spacial score (nSPS) is 10.8. The third-order valence-corrected chi connectivity index (χ3v) is 3.86. The maximum absolute atomic E-state index is 12.3. The maximum atomic E-state index is 12.3. The van der Waals surface area contributed by atoms with Crippen molar-refractivity contribution in [1.82, 2.24) is 20.6 Å². The summed E-state index contributed by atoms with van der Waals surface area (Å²) in [4.78, 5) is 24.0. The van der Waals surface area contributed by atoms with Gasteiger partial charge >= 0.3 is 0 Å². The van der Waals surface area contributed by atoms with Gasteiger partial charge in [0, 0.05) is 17.0 Å². The topological polar surface area (TPSA) is 89.2 Å². The van der Waals surface area contributed by atoms with Crippen molar-refractivity contribution in [2.75, 3.05) is 0 Å². The molecule has 0 atom stereocenters. The highest BCUT2D eigenvalue weighted by atomic mass is 35.5. The molecular formula is C18H17ClN4O3. The number of amides is 2. The fourth-order valence-electron chi connectivity index (χ4n) is 2.20. The lowest BCUT2D eigenvalue weighted by Crippen LogP contribution is -2.43. The van der Waals surface area contributed by atoms with Crippen molar-refractivity contribution >= 4 is 23.4 Å². The second-order valence-electron chi connectivity index (χ2n) is 5.88. The first-order chi connectivity index (χ1) is 12.5. The molecule has 2 amide bonds. The van der Waals surface area contributed by atoms with E-state index in [1.807, 2.05) is 0 Å². The van der Waals surface area contributed by atoms with Gasteiger partial charge < -0.3 is 4.42 Å². The van der Waals surface area contributed by atoms with Crippen LogP contribution in [0.1, 0.15) is 24.3 Å². The Morgan fingerprint density at radius 3 is 2.50 bits per heavy atom. The molecule has 0 aliphatic rings. The van der Waals surface area contributed by atoms with Gasteiger partial charge in [-0.3, -0.25) is 20.4 Å². The number of hydrogen-bond acceptors (Lipinski definition) is 4. The van der Waals surface area contributed by atoms with Gasteiger partial charge in [0.2, 0.25) is 5.91 Å². The van der Waals surface area contributed by atoms with Crippen molar-refractivity contribution in [3.8, 4) is 17.1 Å². The molecule has 134 valence electrons. The van der Waals surface area contributed by atoms with Crippen LogP contribution in [-0.2, 0) is 4.79 Å². The molecule has 8 heteroatoms. The number of halogens is 1. The zero-order valence-electron chi connectivity index (χ0n) is 14.2. The summed E-state index contributed by atoms with van der Waals surface area (Å²) in [5, 5.41) is 4.93. The van der Waals surface area contributed by atoms with E-state index in [1.165, 1.54) is 6.26 Å². The van der Waals surface area contributed by atoms with E-state index in [1.54, 1.807) is 61.0 Å². The number of benzene rings is 1. The lowest BCUT2D eigenvalue weighted by molar-refractivity contribution is -0.124. The van der Waals surface area contributed by atoms with Crippen molar-refractivity contribution in [3.63, 3.8) is 0 Å². The Hall–Kier alpha value is -3.06. The summed E-state index contributed by atoms with van der Waals surface area (Å²) < 4.78 is 7.02. The van der Waals surface area contributed by atoms with Crippen molar-refractivity contribution in [2.45, 2.75) is 13.8 Å². The van der Waals surface area contributed by atoms with Gasteiger partial charge in [0.1, 0.15) is 5.69 Å². The lowest BCUT2D eigenvalue weighted by Gasteiger charge is -2.07. The molecule has 2 heterocycles. The monoisotopic (exact) mass is 372 g/mol. The van der Waals surface area contributed by atoms with Gasteiger partial charge in [-0.15, -0.1) is 0 Å². The van der Waals surface area contributed by atoms with Crippen LogP contribution in [0.25, 0.3) is 17.1 Å². The predicted octanol–water partition coefficient (Wildman–Crippen LogP) is 3.20. The van der Waals surface area contributed by atoms with E-state index in [9.17, 15) is 9.59 Å². The van der Waals surface area contributed by atoms with Crippen LogP contribution < -0.4 is 10.9 Å². The first-order valence-corrected chi connectivity index (χ1v) is 8.33. The van der Waals surface area contributed by atoms with Gasteiger partial charge in [0.05, 0.1) is 12.0 Å². The number of rotatable bonds is 4. The number of carbonyl (C=O) groups is 2. The number of carbonyl (C=O) groups excluding carboxylic acids is 2. The molecule has 0 fully saturated rings. The molecule has 2 N–H and O–H groups in total. The largest absolute Gasteiger partial charge is 0.463 e. The maximum Gasteiger partial charge on any atom is 0.290 e. The van der Waals surface area contributed by atoms with Crippen LogP contribution in [0.3, 0.4) is 0 Å². The predicted molar refractivity (Wildman–Crippen MR) is 96.7 cm³/mol. The Bertz CT molecular complexity index is 915. The van der Waals surface area contributed by atoms with Crippen LogP contribution in [0.4, 0.5) is 0 Å². The van der Waals surface area contributed by atoms with Gasteiger partial charge in [-0.2, -0.15) is 5.10 Å². The van der Waals surface area contributed by atoms with Crippen LogP contribution in [0, 0.1) is 5.92 Å². The second kappa shape index (κ2) is 7.45. The summed E-state index contributed by atoms with van der Waals surface area (Å²) in [6, 6.07) is 12.1. The highest BCUT2D eigenvalue weighted by molar-refractivity contribution is 6.30. The Morgan fingerprint density at radius 2 is 1.88 bits per heavy atom. The third-order valence-electron chi connectivity index (χ3n) is 3.61. The van der Waals surface area contributed by atoms with E-state index in [-0.39, 0.29) is 17.5 Å². The number of aromatic nitrogens is 2. The molecule has 2 aromatic heterocycles. The zero-order valence-corrected chi connectivity index (χ0v) is 14.9. The molecule has 0 aliphatic carbocycles. The second-order valence-corrected chi connectivity index (χ2v) is 6.31. The molecule has 0 aliphatic heterocycles. The first kappa shape index (κ1) is 17.8. The smallest absolute Gasteiger partial charge is 0.290 e. The lowest BCUT2D eigenvalue weighted by atomic mass is 10.2. The summed E-state index contributed by atoms with van der Waals surface area (Å²) in [5.41, 5.74) is 6.17. The first-order valence-electron chi connectivity index (χ1n) is 7.96. The molecule has 0 saturated carbocycles. The van der Waals surface area contributed by atoms with E-state index >= 15 is 0 Å². The number of nitrogens with zero attached hydrogens (tertiary/aromatic N) is 2. The Kier molecular flexibility index (Phi) is 5.09. The van der Waals surface area contributed by atoms with Crippen LogP contribution in [-0.4, -0.2) is 21.6 Å². The summed E-state index contributed by atoms with van der Waals surface area (Å²) in [5.74, 6) is -0.514.